The molecule has 1 heterocycles. The fourth-order valence-electron chi connectivity index (χ4n) is 2.93. The first kappa shape index (κ1) is 17.8. The Labute approximate surface area is 150 Å². The molecule has 3 N–H and O–H groups in total. The van der Waals surface area contributed by atoms with Crippen molar-refractivity contribution < 1.29 is 24.9 Å². The molecular formula is C19H20N2O5. The molecule has 0 aliphatic carbocycles. The number of aromatic hydroxyl groups is 2. The third-order valence-corrected chi connectivity index (χ3v) is 4.41. The zero-order chi connectivity index (χ0) is 18.9. The summed E-state index contributed by atoms with van der Waals surface area (Å²) >= 11 is 0. The number of ether oxygens (including phenoxy) is 1. The number of phenolic OH excluding ortho intramolecular Hbond substituents is 2. The Morgan fingerprint density at radius 1 is 1.23 bits per heavy atom. The number of amides is 1. The molecule has 136 valence electrons. The van der Waals surface area contributed by atoms with E-state index in [9.17, 15) is 20.1 Å². The number of carbonyl (C=O) groups excluding carboxylic acids is 1. The number of hydrazone groups is 1. The van der Waals surface area contributed by atoms with E-state index in [1.807, 2.05) is 6.92 Å². The number of benzene rings is 2. The fraction of sp³-hybridized carbons (Fsp3) is 0.263. The lowest BCUT2D eigenvalue weighted by atomic mass is 9.96. The number of hydrogen-bond acceptors (Lipinski definition) is 6. The minimum atomic E-state index is -1.67. The van der Waals surface area contributed by atoms with Gasteiger partial charge in [0.2, 0.25) is 0 Å². The number of methoxy groups -OCH3 is 1. The number of nitrogens with zero attached hydrogens (tertiary/aromatic N) is 2. The van der Waals surface area contributed by atoms with Crippen molar-refractivity contribution in [2.24, 2.45) is 5.10 Å². The van der Waals surface area contributed by atoms with Gasteiger partial charge in [0.15, 0.2) is 5.72 Å². The number of aliphatic hydroxyl groups is 1. The van der Waals surface area contributed by atoms with Crippen LogP contribution in [0.15, 0.2) is 47.6 Å². The fourth-order valence-corrected chi connectivity index (χ4v) is 2.93. The van der Waals surface area contributed by atoms with Crippen LogP contribution in [0, 0.1) is 0 Å². The van der Waals surface area contributed by atoms with E-state index >= 15 is 0 Å². The predicted octanol–water partition coefficient (Wildman–Crippen LogP) is 2.56. The van der Waals surface area contributed by atoms with Gasteiger partial charge in [-0.3, -0.25) is 4.79 Å². The van der Waals surface area contributed by atoms with Gasteiger partial charge in [0, 0.05) is 23.8 Å². The summed E-state index contributed by atoms with van der Waals surface area (Å²) in [7, 11) is 1.54. The van der Waals surface area contributed by atoms with Crippen molar-refractivity contribution in [1.82, 2.24) is 5.01 Å². The standard InChI is InChI=1S/C19H20N2O5/c1-3-13-11-19(25,12-4-7-15(26-2)8-5-12)21(20-13)18(24)16-9-6-14(22)10-17(16)23/h4-10,22-23,25H,3,11H2,1-2H3. The van der Waals surface area contributed by atoms with Crippen molar-refractivity contribution in [3.63, 3.8) is 0 Å². The van der Waals surface area contributed by atoms with Crippen LogP contribution >= 0.6 is 0 Å². The third-order valence-electron chi connectivity index (χ3n) is 4.41. The number of phenols is 2. The summed E-state index contributed by atoms with van der Waals surface area (Å²) in [5.74, 6) is -0.582. The van der Waals surface area contributed by atoms with Gasteiger partial charge in [-0.25, -0.2) is 0 Å². The minimum Gasteiger partial charge on any atom is -0.508 e. The average molecular weight is 356 g/mol. The van der Waals surface area contributed by atoms with Gasteiger partial charge in [-0.2, -0.15) is 10.1 Å². The third kappa shape index (κ3) is 2.97. The smallest absolute Gasteiger partial charge is 0.280 e. The van der Waals surface area contributed by atoms with Gasteiger partial charge in [-0.1, -0.05) is 19.1 Å². The van der Waals surface area contributed by atoms with E-state index in [-0.39, 0.29) is 23.5 Å². The first-order valence-corrected chi connectivity index (χ1v) is 8.19. The first-order chi connectivity index (χ1) is 12.4. The summed E-state index contributed by atoms with van der Waals surface area (Å²) in [6.07, 6.45) is 0.740. The monoisotopic (exact) mass is 356 g/mol. The predicted molar refractivity (Wildman–Crippen MR) is 95.2 cm³/mol. The van der Waals surface area contributed by atoms with Crippen LogP contribution in [0.25, 0.3) is 0 Å². The molecule has 0 saturated heterocycles. The molecule has 0 radical (unpaired) electrons. The zero-order valence-corrected chi connectivity index (χ0v) is 14.5. The van der Waals surface area contributed by atoms with E-state index in [2.05, 4.69) is 5.10 Å². The second-order valence-electron chi connectivity index (χ2n) is 6.06. The van der Waals surface area contributed by atoms with Crippen LogP contribution in [0.1, 0.15) is 35.7 Å². The molecule has 7 nitrogen and oxygen atoms in total. The molecule has 0 aromatic heterocycles. The number of hydrogen-bond donors (Lipinski definition) is 3. The zero-order valence-electron chi connectivity index (χ0n) is 14.5. The second-order valence-corrected chi connectivity index (χ2v) is 6.06. The molecule has 1 unspecified atom stereocenters. The molecule has 0 spiro atoms. The van der Waals surface area contributed by atoms with Crippen LogP contribution in [-0.2, 0) is 5.72 Å². The molecule has 26 heavy (non-hydrogen) atoms. The summed E-state index contributed by atoms with van der Waals surface area (Å²) in [6.45, 7) is 1.89. The molecule has 2 aromatic rings. The van der Waals surface area contributed by atoms with E-state index in [1.54, 1.807) is 31.4 Å². The summed E-state index contributed by atoms with van der Waals surface area (Å²) in [5.41, 5.74) is -0.582. The Kier molecular flexibility index (Phi) is 4.56. The van der Waals surface area contributed by atoms with Gasteiger partial charge in [-0.15, -0.1) is 0 Å². The average Bonchev–Trinajstić information content (AvgIpc) is 2.99. The maximum atomic E-state index is 12.9. The molecule has 7 heteroatoms. The molecule has 0 fully saturated rings. The van der Waals surface area contributed by atoms with E-state index in [0.717, 1.165) is 11.1 Å². The molecule has 1 aliphatic rings. The van der Waals surface area contributed by atoms with Gasteiger partial charge in [0.05, 0.1) is 12.7 Å². The SMILES string of the molecule is CCC1=NN(C(=O)c2ccc(O)cc2O)C(O)(c2ccc(OC)cc2)C1. The van der Waals surface area contributed by atoms with Gasteiger partial charge >= 0.3 is 0 Å². The first-order valence-electron chi connectivity index (χ1n) is 8.19. The minimum absolute atomic E-state index is 0.0594. The Morgan fingerprint density at radius 3 is 2.50 bits per heavy atom. The molecule has 0 saturated carbocycles. The lowest BCUT2D eigenvalue weighted by Gasteiger charge is -2.31. The maximum absolute atomic E-state index is 12.9. The lowest BCUT2D eigenvalue weighted by molar-refractivity contribution is -0.0766. The van der Waals surface area contributed by atoms with Crippen molar-refractivity contribution in [1.29, 1.82) is 0 Å². The van der Waals surface area contributed by atoms with Crippen molar-refractivity contribution in [2.45, 2.75) is 25.5 Å². The highest BCUT2D eigenvalue weighted by Gasteiger charge is 2.46. The second kappa shape index (κ2) is 6.68. The summed E-state index contributed by atoms with van der Waals surface area (Å²) in [5, 5.41) is 36.0. The van der Waals surface area contributed by atoms with Crippen LogP contribution in [-0.4, -0.2) is 39.1 Å². The molecule has 1 amide bonds. The lowest BCUT2D eigenvalue weighted by Crippen LogP contribution is -2.43. The molecular weight excluding hydrogens is 336 g/mol. The topological polar surface area (TPSA) is 103 Å². The van der Waals surface area contributed by atoms with Crippen LogP contribution in [0.5, 0.6) is 17.2 Å². The van der Waals surface area contributed by atoms with Gasteiger partial charge < -0.3 is 20.1 Å². The van der Waals surface area contributed by atoms with E-state index in [1.165, 1.54) is 12.1 Å². The summed E-state index contributed by atoms with van der Waals surface area (Å²) < 4.78 is 5.13. The maximum Gasteiger partial charge on any atom is 0.280 e. The summed E-state index contributed by atoms with van der Waals surface area (Å²) in [4.78, 5) is 12.9. The number of carbonyl (C=O) groups is 1. The summed E-state index contributed by atoms with van der Waals surface area (Å²) in [6, 6.07) is 10.4. The Morgan fingerprint density at radius 2 is 1.92 bits per heavy atom. The number of rotatable bonds is 4. The van der Waals surface area contributed by atoms with Crippen LogP contribution in [0.4, 0.5) is 0 Å². The highest BCUT2D eigenvalue weighted by molar-refractivity contribution is 6.00. The molecule has 3 rings (SSSR count). The van der Waals surface area contributed by atoms with Gasteiger partial charge in [0.1, 0.15) is 17.2 Å². The van der Waals surface area contributed by atoms with Crippen LogP contribution in [0.2, 0.25) is 0 Å². The van der Waals surface area contributed by atoms with Crippen molar-refractivity contribution in [3.05, 3.63) is 53.6 Å². The Hall–Kier alpha value is -3.06. The van der Waals surface area contributed by atoms with Crippen molar-refractivity contribution >= 4 is 11.6 Å². The van der Waals surface area contributed by atoms with Crippen LogP contribution < -0.4 is 4.74 Å². The van der Waals surface area contributed by atoms with E-state index in [4.69, 9.17) is 4.74 Å². The van der Waals surface area contributed by atoms with Crippen molar-refractivity contribution in [3.8, 4) is 17.2 Å². The van der Waals surface area contributed by atoms with E-state index in [0.29, 0.717) is 23.4 Å². The molecule has 2 aromatic carbocycles. The van der Waals surface area contributed by atoms with E-state index < -0.39 is 11.6 Å². The highest BCUT2D eigenvalue weighted by atomic mass is 16.5. The molecule has 1 aliphatic heterocycles. The normalized spacial score (nSPS) is 19.3. The van der Waals surface area contributed by atoms with Gasteiger partial charge in [-0.05, 0) is 30.7 Å². The largest absolute Gasteiger partial charge is 0.508 e. The highest BCUT2D eigenvalue weighted by Crippen LogP contribution is 2.38. The van der Waals surface area contributed by atoms with Crippen LogP contribution in [0.3, 0.4) is 0 Å². The Bertz CT molecular complexity index is 863. The quantitative estimate of drug-likeness (QED) is 0.781. The molecule has 1 atom stereocenters. The van der Waals surface area contributed by atoms with Crippen molar-refractivity contribution in [2.75, 3.05) is 7.11 Å². The van der Waals surface area contributed by atoms with Gasteiger partial charge in [0.25, 0.3) is 5.91 Å². The molecule has 0 bridgehead atoms. The Balaban J connectivity index is 2.03.